The number of carbonyl (C=O) groups is 1. The number of ether oxygens (including phenoxy) is 1. The number of rotatable bonds is 5. The number of para-hydroxylation sites is 1. The van der Waals surface area contributed by atoms with Gasteiger partial charge >= 0.3 is 6.01 Å². The maximum Gasteiger partial charge on any atom is 0.322 e. The number of amides is 1. The second-order valence-electron chi connectivity index (χ2n) is 5.47. The van der Waals surface area contributed by atoms with Crippen LogP contribution in [0.5, 0.6) is 11.8 Å². The molecule has 5 nitrogen and oxygen atoms in total. The second-order valence-corrected chi connectivity index (χ2v) is 5.47. The Morgan fingerprint density at radius 3 is 2.50 bits per heavy atom. The number of benzene rings is 2. The lowest BCUT2D eigenvalue weighted by atomic mass is 10.1. The van der Waals surface area contributed by atoms with E-state index in [0.29, 0.717) is 5.69 Å². The average molecular weight is 349 g/mol. The van der Waals surface area contributed by atoms with Gasteiger partial charge in [0.15, 0.2) is 11.6 Å². The molecular formula is C20H16FN3O2. The van der Waals surface area contributed by atoms with Gasteiger partial charge in [-0.05, 0) is 36.3 Å². The molecule has 0 atom stereocenters. The lowest BCUT2D eigenvalue weighted by Gasteiger charge is -2.05. The largest absolute Gasteiger partial charge is 0.421 e. The number of nitrogens with zero attached hydrogens (tertiary/aromatic N) is 2. The highest BCUT2D eigenvalue weighted by molar-refractivity contribution is 6.01. The maximum absolute atomic E-state index is 13.5. The molecule has 0 unspecified atom stereocenters. The highest BCUT2D eigenvalue weighted by atomic mass is 19.1. The summed E-state index contributed by atoms with van der Waals surface area (Å²) in [7, 11) is 0. The van der Waals surface area contributed by atoms with E-state index < -0.39 is 5.82 Å². The molecule has 0 aliphatic heterocycles. The molecule has 2 aromatic carbocycles. The predicted octanol–water partition coefficient (Wildman–Crippen LogP) is 4.37. The molecule has 0 aliphatic rings. The van der Waals surface area contributed by atoms with Crippen molar-refractivity contribution in [1.29, 1.82) is 0 Å². The van der Waals surface area contributed by atoms with Crippen molar-refractivity contribution in [3.8, 4) is 11.8 Å². The van der Waals surface area contributed by atoms with E-state index in [-0.39, 0.29) is 17.7 Å². The van der Waals surface area contributed by atoms with E-state index in [1.54, 1.807) is 18.2 Å². The summed E-state index contributed by atoms with van der Waals surface area (Å²) in [6.45, 7) is 1.97. The Bertz CT molecular complexity index is 940. The third-order valence-electron chi connectivity index (χ3n) is 3.54. The van der Waals surface area contributed by atoms with Crippen LogP contribution in [0.1, 0.15) is 11.1 Å². The van der Waals surface area contributed by atoms with E-state index >= 15 is 0 Å². The van der Waals surface area contributed by atoms with Gasteiger partial charge in [-0.1, -0.05) is 36.4 Å². The quantitative estimate of drug-likeness (QED) is 0.695. The fraction of sp³-hybridized carbons (Fsp3) is 0.0500. The van der Waals surface area contributed by atoms with Crippen LogP contribution in [-0.2, 0) is 4.79 Å². The number of hydrogen-bond donors (Lipinski definition) is 1. The molecule has 0 spiro atoms. The van der Waals surface area contributed by atoms with Gasteiger partial charge in [0.05, 0.1) is 18.1 Å². The van der Waals surface area contributed by atoms with Crippen molar-refractivity contribution in [2.45, 2.75) is 6.92 Å². The molecule has 0 fully saturated rings. The molecule has 26 heavy (non-hydrogen) atoms. The average Bonchev–Trinajstić information content (AvgIpc) is 2.64. The van der Waals surface area contributed by atoms with E-state index in [4.69, 9.17) is 4.74 Å². The smallest absolute Gasteiger partial charge is 0.322 e. The van der Waals surface area contributed by atoms with E-state index in [0.717, 1.165) is 11.1 Å². The number of anilines is 1. The van der Waals surface area contributed by atoms with Gasteiger partial charge in [0.2, 0.25) is 5.91 Å². The Kier molecular flexibility index (Phi) is 5.34. The molecule has 1 N–H and O–H groups in total. The Labute approximate surface area is 150 Å². The molecule has 0 radical (unpaired) electrons. The minimum absolute atomic E-state index is 0.0106. The summed E-state index contributed by atoms with van der Waals surface area (Å²) < 4.78 is 18.8. The molecule has 0 aliphatic carbocycles. The van der Waals surface area contributed by atoms with Gasteiger partial charge in [-0.2, -0.15) is 0 Å². The first-order valence-corrected chi connectivity index (χ1v) is 7.91. The normalized spacial score (nSPS) is 10.7. The van der Waals surface area contributed by atoms with E-state index in [2.05, 4.69) is 15.3 Å². The summed E-state index contributed by atoms with van der Waals surface area (Å²) in [5, 5.41) is 2.65. The molecule has 6 heteroatoms. The van der Waals surface area contributed by atoms with Gasteiger partial charge in [-0.15, -0.1) is 0 Å². The van der Waals surface area contributed by atoms with E-state index in [1.165, 1.54) is 30.6 Å². The first-order valence-electron chi connectivity index (χ1n) is 7.91. The minimum Gasteiger partial charge on any atom is -0.421 e. The summed E-state index contributed by atoms with van der Waals surface area (Å²) in [5.74, 6) is -0.778. The van der Waals surface area contributed by atoms with Crippen LogP contribution in [0.25, 0.3) is 6.08 Å². The van der Waals surface area contributed by atoms with Crippen molar-refractivity contribution in [2.24, 2.45) is 0 Å². The monoisotopic (exact) mass is 349 g/mol. The van der Waals surface area contributed by atoms with Gasteiger partial charge in [0, 0.05) is 6.08 Å². The van der Waals surface area contributed by atoms with Gasteiger partial charge in [-0.3, -0.25) is 4.79 Å². The molecule has 0 saturated carbocycles. The van der Waals surface area contributed by atoms with Gasteiger partial charge < -0.3 is 10.1 Å². The summed E-state index contributed by atoms with van der Waals surface area (Å²) in [5.41, 5.74) is 2.45. The lowest BCUT2D eigenvalue weighted by Crippen LogP contribution is -2.08. The summed E-state index contributed by atoms with van der Waals surface area (Å²) in [6.07, 6.45) is 5.96. The fourth-order valence-corrected chi connectivity index (χ4v) is 2.18. The van der Waals surface area contributed by atoms with Crippen LogP contribution in [0.15, 0.2) is 67.0 Å². The van der Waals surface area contributed by atoms with Crippen LogP contribution in [0, 0.1) is 12.7 Å². The Morgan fingerprint density at radius 2 is 1.77 bits per heavy atom. The van der Waals surface area contributed by atoms with Crippen molar-refractivity contribution in [1.82, 2.24) is 9.97 Å². The Balaban J connectivity index is 1.61. The number of nitrogens with one attached hydrogen (secondary N) is 1. The van der Waals surface area contributed by atoms with Crippen LogP contribution in [0.2, 0.25) is 0 Å². The molecule has 3 aromatic rings. The van der Waals surface area contributed by atoms with Gasteiger partial charge in [-0.25, -0.2) is 14.4 Å². The van der Waals surface area contributed by atoms with Gasteiger partial charge in [0.1, 0.15) is 0 Å². The van der Waals surface area contributed by atoms with Crippen LogP contribution >= 0.6 is 0 Å². The van der Waals surface area contributed by atoms with Crippen molar-refractivity contribution in [3.63, 3.8) is 0 Å². The molecule has 130 valence electrons. The number of aromatic nitrogens is 2. The first-order chi connectivity index (χ1) is 12.6. The Hall–Kier alpha value is -3.54. The summed E-state index contributed by atoms with van der Waals surface area (Å²) in [6, 6.07) is 13.7. The van der Waals surface area contributed by atoms with E-state index in [1.807, 2.05) is 31.2 Å². The van der Waals surface area contributed by atoms with Crippen molar-refractivity contribution in [2.75, 3.05) is 5.32 Å². The minimum atomic E-state index is -0.505. The SMILES string of the molecule is Cc1ccccc1/C=C/C(=O)Nc1cnc(Oc2ccccc2F)nc1. The maximum atomic E-state index is 13.5. The Morgan fingerprint density at radius 1 is 1.08 bits per heavy atom. The zero-order valence-electron chi connectivity index (χ0n) is 14.0. The number of carbonyl (C=O) groups excluding carboxylic acids is 1. The number of aryl methyl sites for hydroxylation is 1. The third kappa shape index (κ3) is 4.51. The highest BCUT2D eigenvalue weighted by Gasteiger charge is 2.06. The molecule has 1 aromatic heterocycles. The first kappa shape index (κ1) is 17.3. The molecule has 0 saturated heterocycles. The third-order valence-corrected chi connectivity index (χ3v) is 3.54. The zero-order valence-corrected chi connectivity index (χ0v) is 14.0. The topological polar surface area (TPSA) is 64.1 Å². The van der Waals surface area contributed by atoms with Crippen LogP contribution in [-0.4, -0.2) is 15.9 Å². The van der Waals surface area contributed by atoms with Crippen molar-refractivity contribution in [3.05, 3.63) is 83.9 Å². The van der Waals surface area contributed by atoms with Crippen LogP contribution < -0.4 is 10.1 Å². The van der Waals surface area contributed by atoms with Crippen molar-refractivity contribution >= 4 is 17.7 Å². The summed E-state index contributed by atoms with van der Waals surface area (Å²) >= 11 is 0. The fourth-order valence-electron chi connectivity index (χ4n) is 2.18. The molecule has 1 heterocycles. The lowest BCUT2D eigenvalue weighted by molar-refractivity contribution is -0.111. The van der Waals surface area contributed by atoms with E-state index in [9.17, 15) is 9.18 Å². The molecule has 3 rings (SSSR count). The molecule has 1 amide bonds. The van der Waals surface area contributed by atoms with Crippen LogP contribution in [0.4, 0.5) is 10.1 Å². The standard InChI is InChI=1S/C20H16FN3O2/c1-14-6-2-3-7-15(14)10-11-19(25)24-16-12-22-20(23-13-16)26-18-9-5-4-8-17(18)21/h2-13H,1H3,(H,24,25)/b11-10+. The molecular weight excluding hydrogens is 333 g/mol. The number of halogens is 1. The number of hydrogen-bond acceptors (Lipinski definition) is 4. The highest BCUT2D eigenvalue weighted by Crippen LogP contribution is 2.21. The van der Waals surface area contributed by atoms with Crippen molar-refractivity contribution < 1.29 is 13.9 Å². The predicted molar refractivity (Wildman–Crippen MR) is 97.3 cm³/mol. The van der Waals surface area contributed by atoms with Crippen LogP contribution in [0.3, 0.4) is 0 Å². The zero-order chi connectivity index (χ0) is 18.4. The molecule has 0 bridgehead atoms. The van der Waals surface area contributed by atoms with Gasteiger partial charge in [0.25, 0.3) is 0 Å². The second kappa shape index (κ2) is 8.02. The summed E-state index contributed by atoms with van der Waals surface area (Å²) in [4.78, 5) is 19.9.